The fourth-order valence-corrected chi connectivity index (χ4v) is 1.66. The van der Waals surface area contributed by atoms with Crippen LogP contribution in [0.1, 0.15) is 52.9 Å². The highest BCUT2D eigenvalue weighted by Crippen LogP contribution is 2.04. The van der Waals surface area contributed by atoms with E-state index in [0.29, 0.717) is 13.0 Å². The van der Waals surface area contributed by atoms with Gasteiger partial charge >= 0.3 is 12.0 Å². The minimum Gasteiger partial charge on any atom is -0.480 e. The van der Waals surface area contributed by atoms with Crippen molar-refractivity contribution in [1.82, 2.24) is 10.6 Å². The van der Waals surface area contributed by atoms with Crippen LogP contribution in [-0.4, -0.2) is 29.7 Å². The maximum atomic E-state index is 11.5. The second-order valence-corrected chi connectivity index (χ2v) is 4.98. The zero-order valence-electron chi connectivity index (χ0n) is 11.7. The van der Waals surface area contributed by atoms with E-state index in [1.807, 2.05) is 13.8 Å². The van der Waals surface area contributed by atoms with E-state index in [0.717, 1.165) is 25.7 Å². The average molecular weight is 258 g/mol. The van der Waals surface area contributed by atoms with Crippen molar-refractivity contribution < 1.29 is 14.7 Å². The lowest BCUT2D eigenvalue weighted by atomic mass is 10.0. The summed E-state index contributed by atoms with van der Waals surface area (Å²) in [7, 11) is 0. The molecule has 0 saturated carbocycles. The molecule has 0 radical (unpaired) electrons. The molecule has 3 N–H and O–H groups in total. The Morgan fingerprint density at radius 1 is 1.17 bits per heavy atom. The molecule has 0 aliphatic rings. The molecule has 0 aromatic rings. The Balaban J connectivity index is 3.85. The van der Waals surface area contributed by atoms with Crippen LogP contribution in [0.3, 0.4) is 0 Å². The number of aliphatic carboxylic acids is 1. The van der Waals surface area contributed by atoms with Crippen molar-refractivity contribution in [2.45, 2.75) is 58.9 Å². The highest BCUT2D eigenvalue weighted by Gasteiger charge is 2.20. The first-order valence-electron chi connectivity index (χ1n) is 6.74. The average Bonchev–Trinajstić information content (AvgIpc) is 2.27. The maximum Gasteiger partial charge on any atom is 0.326 e. The maximum absolute atomic E-state index is 11.5. The van der Waals surface area contributed by atoms with E-state index in [4.69, 9.17) is 5.11 Å². The second kappa shape index (κ2) is 9.74. The summed E-state index contributed by atoms with van der Waals surface area (Å²) in [5.74, 6) is -0.749. The van der Waals surface area contributed by atoms with Gasteiger partial charge in [-0.2, -0.15) is 0 Å². The molecule has 0 rings (SSSR count). The Morgan fingerprint density at radius 2 is 1.83 bits per heavy atom. The quantitative estimate of drug-likeness (QED) is 0.555. The summed E-state index contributed by atoms with van der Waals surface area (Å²) in [6.07, 6.45) is 4.78. The summed E-state index contributed by atoms with van der Waals surface area (Å²) in [5.41, 5.74) is 0. The first kappa shape index (κ1) is 16.7. The molecule has 0 aromatic heterocycles. The van der Waals surface area contributed by atoms with E-state index in [-0.39, 0.29) is 11.9 Å². The van der Waals surface area contributed by atoms with E-state index in [1.54, 1.807) is 0 Å². The standard InChI is InChI=1S/C13H26N2O3/c1-4-5-6-7-8-14-13(18)15-11(12(16)17)9-10(2)3/h10-11H,4-9H2,1-3H3,(H,16,17)(H2,14,15,18)/t11-/m1/s1. The van der Waals surface area contributed by atoms with Gasteiger partial charge in [-0.1, -0.05) is 40.0 Å². The molecule has 0 heterocycles. The molecule has 0 aromatic carbocycles. The zero-order valence-corrected chi connectivity index (χ0v) is 11.7. The highest BCUT2D eigenvalue weighted by molar-refractivity contribution is 5.82. The van der Waals surface area contributed by atoms with Gasteiger partial charge in [0.1, 0.15) is 6.04 Å². The predicted molar refractivity (Wildman–Crippen MR) is 71.6 cm³/mol. The van der Waals surface area contributed by atoms with Gasteiger partial charge in [-0.05, 0) is 18.8 Å². The molecule has 0 bridgehead atoms. The summed E-state index contributed by atoms with van der Waals surface area (Å²) in [4.78, 5) is 22.4. The number of carboxylic acid groups (broad SMARTS) is 1. The molecular weight excluding hydrogens is 232 g/mol. The Hall–Kier alpha value is -1.26. The highest BCUT2D eigenvalue weighted by atomic mass is 16.4. The molecule has 0 fully saturated rings. The van der Waals surface area contributed by atoms with Crippen LogP contribution >= 0.6 is 0 Å². The van der Waals surface area contributed by atoms with Crippen LogP contribution in [0.5, 0.6) is 0 Å². The van der Waals surface area contributed by atoms with E-state index in [2.05, 4.69) is 17.6 Å². The molecule has 5 nitrogen and oxygen atoms in total. The van der Waals surface area contributed by atoms with Gasteiger partial charge in [0.15, 0.2) is 0 Å². The predicted octanol–water partition coefficient (Wildman–Crippen LogP) is 2.37. The van der Waals surface area contributed by atoms with Crippen molar-refractivity contribution in [3.63, 3.8) is 0 Å². The Morgan fingerprint density at radius 3 is 2.33 bits per heavy atom. The monoisotopic (exact) mass is 258 g/mol. The van der Waals surface area contributed by atoms with Crippen molar-refractivity contribution in [1.29, 1.82) is 0 Å². The second-order valence-electron chi connectivity index (χ2n) is 4.98. The summed E-state index contributed by atoms with van der Waals surface area (Å²) in [6.45, 7) is 6.59. The van der Waals surface area contributed by atoms with Crippen LogP contribution in [0.4, 0.5) is 4.79 Å². The summed E-state index contributed by atoms with van der Waals surface area (Å²) in [5, 5.41) is 14.1. The third-order valence-corrected chi connectivity index (χ3v) is 2.63. The summed E-state index contributed by atoms with van der Waals surface area (Å²) in [6, 6.07) is -1.19. The lowest BCUT2D eigenvalue weighted by Gasteiger charge is -2.16. The lowest BCUT2D eigenvalue weighted by Crippen LogP contribution is -2.46. The number of carbonyl (C=O) groups excluding carboxylic acids is 1. The minimum absolute atomic E-state index is 0.232. The van der Waals surface area contributed by atoms with Crippen LogP contribution in [-0.2, 0) is 4.79 Å². The van der Waals surface area contributed by atoms with E-state index in [1.165, 1.54) is 0 Å². The number of unbranched alkanes of at least 4 members (excludes halogenated alkanes) is 3. The van der Waals surface area contributed by atoms with Gasteiger partial charge in [-0.25, -0.2) is 9.59 Å². The Bertz CT molecular complexity index is 255. The molecule has 2 amide bonds. The van der Waals surface area contributed by atoms with Crippen LogP contribution in [0.2, 0.25) is 0 Å². The lowest BCUT2D eigenvalue weighted by molar-refractivity contribution is -0.139. The Kier molecular flexibility index (Phi) is 9.06. The number of amides is 2. The Labute approximate surface area is 109 Å². The molecule has 0 aliphatic carbocycles. The van der Waals surface area contributed by atoms with Gasteiger partial charge < -0.3 is 15.7 Å². The summed E-state index contributed by atoms with van der Waals surface area (Å²) >= 11 is 0. The first-order chi connectivity index (χ1) is 8.47. The van der Waals surface area contributed by atoms with Gasteiger partial charge in [0.25, 0.3) is 0 Å². The zero-order chi connectivity index (χ0) is 14.0. The van der Waals surface area contributed by atoms with Crippen LogP contribution in [0.25, 0.3) is 0 Å². The molecule has 0 spiro atoms. The van der Waals surface area contributed by atoms with E-state index >= 15 is 0 Å². The molecule has 0 saturated heterocycles. The van der Waals surface area contributed by atoms with Gasteiger partial charge in [0, 0.05) is 6.54 Å². The van der Waals surface area contributed by atoms with Crippen LogP contribution < -0.4 is 10.6 Å². The number of urea groups is 1. The fourth-order valence-electron chi connectivity index (χ4n) is 1.66. The normalized spacial score (nSPS) is 12.2. The molecule has 5 heteroatoms. The van der Waals surface area contributed by atoms with E-state index < -0.39 is 12.0 Å². The smallest absolute Gasteiger partial charge is 0.326 e. The van der Waals surface area contributed by atoms with Crippen molar-refractivity contribution in [2.75, 3.05) is 6.54 Å². The van der Waals surface area contributed by atoms with Gasteiger partial charge in [-0.3, -0.25) is 0 Å². The molecule has 1 atom stereocenters. The van der Waals surface area contributed by atoms with Gasteiger partial charge in [-0.15, -0.1) is 0 Å². The van der Waals surface area contributed by atoms with Crippen LogP contribution in [0, 0.1) is 5.92 Å². The number of hydrogen-bond acceptors (Lipinski definition) is 2. The molecule has 106 valence electrons. The SMILES string of the molecule is CCCCCCNC(=O)N[C@H](CC(C)C)C(=O)O. The molecule has 0 aliphatic heterocycles. The topological polar surface area (TPSA) is 78.4 Å². The fraction of sp³-hybridized carbons (Fsp3) is 0.846. The first-order valence-corrected chi connectivity index (χ1v) is 6.74. The van der Waals surface area contributed by atoms with E-state index in [9.17, 15) is 9.59 Å². The molecule has 0 unspecified atom stereocenters. The molecular formula is C13H26N2O3. The number of nitrogens with one attached hydrogen (secondary N) is 2. The van der Waals surface area contributed by atoms with Crippen molar-refractivity contribution >= 4 is 12.0 Å². The van der Waals surface area contributed by atoms with Crippen molar-refractivity contribution in [3.8, 4) is 0 Å². The third-order valence-electron chi connectivity index (χ3n) is 2.63. The van der Waals surface area contributed by atoms with Crippen molar-refractivity contribution in [2.24, 2.45) is 5.92 Å². The number of rotatable bonds is 9. The number of carboxylic acids is 1. The number of carbonyl (C=O) groups is 2. The van der Waals surface area contributed by atoms with Crippen molar-refractivity contribution in [3.05, 3.63) is 0 Å². The summed E-state index contributed by atoms with van der Waals surface area (Å²) < 4.78 is 0. The van der Waals surface area contributed by atoms with Gasteiger partial charge in [0.05, 0.1) is 0 Å². The minimum atomic E-state index is -0.982. The largest absolute Gasteiger partial charge is 0.480 e. The van der Waals surface area contributed by atoms with Crippen LogP contribution in [0.15, 0.2) is 0 Å². The third kappa shape index (κ3) is 8.84. The van der Waals surface area contributed by atoms with Gasteiger partial charge in [0.2, 0.25) is 0 Å². The number of hydrogen-bond donors (Lipinski definition) is 3. The molecule has 18 heavy (non-hydrogen) atoms.